The van der Waals surface area contributed by atoms with E-state index in [1.54, 1.807) is 6.33 Å². The summed E-state index contributed by atoms with van der Waals surface area (Å²) in [5.41, 5.74) is 3.47. The van der Waals surface area contributed by atoms with E-state index in [0.29, 0.717) is 18.7 Å². The third-order valence-electron chi connectivity index (χ3n) is 5.66. The summed E-state index contributed by atoms with van der Waals surface area (Å²) in [7, 11) is 0. The molecule has 5 nitrogen and oxygen atoms in total. The van der Waals surface area contributed by atoms with Crippen LogP contribution in [0, 0.1) is 11.6 Å². The first kappa shape index (κ1) is 21.2. The van der Waals surface area contributed by atoms with Crippen LogP contribution < -0.4 is 5.32 Å². The lowest BCUT2D eigenvalue weighted by Gasteiger charge is -2.36. The van der Waals surface area contributed by atoms with Crippen LogP contribution in [0.3, 0.4) is 0 Å². The molecule has 31 heavy (non-hydrogen) atoms. The van der Waals surface area contributed by atoms with Gasteiger partial charge in [0.1, 0.15) is 6.04 Å². The van der Waals surface area contributed by atoms with Gasteiger partial charge in [-0.2, -0.15) is 0 Å². The highest BCUT2D eigenvalue weighted by Gasteiger charge is 2.36. The van der Waals surface area contributed by atoms with Crippen molar-refractivity contribution >= 4 is 5.91 Å². The fourth-order valence-electron chi connectivity index (χ4n) is 4.08. The van der Waals surface area contributed by atoms with Crippen molar-refractivity contribution in [3.8, 4) is 0 Å². The molecule has 2 aromatic carbocycles. The average molecular weight is 424 g/mol. The maximum absolute atomic E-state index is 13.6. The summed E-state index contributed by atoms with van der Waals surface area (Å²) in [6, 6.07) is 13.4. The number of hydrogen-bond donors (Lipinski definition) is 1. The van der Waals surface area contributed by atoms with Crippen LogP contribution in [-0.4, -0.2) is 26.9 Å². The van der Waals surface area contributed by atoms with Crippen molar-refractivity contribution in [2.24, 2.45) is 0 Å². The molecule has 1 aromatic heterocycles. The number of nitrogens with one attached hydrogen (secondary N) is 1. The molecule has 3 aromatic rings. The molecule has 7 heteroatoms. The summed E-state index contributed by atoms with van der Waals surface area (Å²) in [6.45, 7) is 5.59. The molecule has 4 rings (SSSR count). The maximum Gasteiger partial charge on any atom is 0.243 e. The molecule has 162 valence electrons. The fraction of sp³-hybridized carbons (Fsp3) is 0.333. The van der Waals surface area contributed by atoms with Crippen LogP contribution in [0.4, 0.5) is 8.78 Å². The average Bonchev–Trinajstić information content (AvgIpc) is 3.19. The number of nitrogens with zero attached hydrogens (tertiary/aromatic N) is 3. The number of halogens is 2. The Balaban J connectivity index is 1.61. The topological polar surface area (TPSA) is 50.2 Å². The summed E-state index contributed by atoms with van der Waals surface area (Å²) >= 11 is 0. The molecule has 1 amide bonds. The Morgan fingerprint density at radius 1 is 1.13 bits per heavy atom. The number of carbonyl (C=O) groups excluding carboxylic acids is 1. The van der Waals surface area contributed by atoms with Crippen molar-refractivity contribution < 1.29 is 13.6 Å². The van der Waals surface area contributed by atoms with E-state index in [0.717, 1.165) is 35.5 Å². The minimum Gasteiger partial charge on any atom is -0.350 e. The van der Waals surface area contributed by atoms with E-state index in [4.69, 9.17) is 0 Å². The van der Waals surface area contributed by atoms with E-state index in [1.807, 2.05) is 34.9 Å². The van der Waals surface area contributed by atoms with Crippen LogP contribution in [-0.2, 0) is 24.3 Å². The third-order valence-corrected chi connectivity index (χ3v) is 5.66. The quantitative estimate of drug-likeness (QED) is 0.647. The van der Waals surface area contributed by atoms with Crippen LogP contribution in [0.2, 0.25) is 0 Å². The van der Waals surface area contributed by atoms with Gasteiger partial charge in [-0.15, -0.1) is 0 Å². The Morgan fingerprint density at radius 3 is 2.61 bits per heavy atom. The molecular weight excluding hydrogens is 398 g/mol. The summed E-state index contributed by atoms with van der Waals surface area (Å²) in [5.74, 6) is -2.00. The number of carbonyl (C=O) groups is 1. The van der Waals surface area contributed by atoms with E-state index in [-0.39, 0.29) is 18.5 Å². The highest BCUT2D eigenvalue weighted by molar-refractivity contribution is 5.83. The number of fused-ring (bicyclic) bond motifs is 1. The molecule has 0 radical (unpaired) electrons. The third kappa shape index (κ3) is 4.51. The van der Waals surface area contributed by atoms with Gasteiger partial charge < -0.3 is 9.88 Å². The lowest BCUT2D eigenvalue weighted by molar-refractivity contribution is -0.127. The van der Waals surface area contributed by atoms with E-state index in [2.05, 4.69) is 29.0 Å². The zero-order chi connectivity index (χ0) is 22.0. The largest absolute Gasteiger partial charge is 0.350 e. The number of benzene rings is 2. The molecule has 1 unspecified atom stereocenters. The van der Waals surface area contributed by atoms with Gasteiger partial charge in [-0.05, 0) is 37.1 Å². The van der Waals surface area contributed by atoms with Crippen LogP contribution >= 0.6 is 0 Å². The molecule has 1 atom stereocenters. The molecular formula is C24H26F2N4O. The molecule has 0 fully saturated rings. The van der Waals surface area contributed by atoms with E-state index in [9.17, 15) is 13.6 Å². The summed E-state index contributed by atoms with van der Waals surface area (Å²) in [4.78, 5) is 20.1. The molecule has 0 saturated heterocycles. The van der Waals surface area contributed by atoms with Gasteiger partial charge in [0.05, 0.1) is 17.7 Å². The molecule has 2 heterocycles. The summed E-state index contributed by atoms with van der Waals surface area (Å²) < 4.78 is 28.8. The van der Waals surface area contributed by atoms with Gasteiger partial charge in [0.2, 0.25) is 5.91 Å². The van der Waals surface area contributed by atoms with Gasteiger partial charge in [0.15, 0.2) is 11.6 Å². The van der Waals surface area contributed by atoms with E-state index < -0.39 is 17.7 Å². The molecule has 0 aliphatic carbocycles. The number of imidazole rings is 1. The first-order chi connectivity index (χ1) is 14.9. The monoisotopic (exact) mass is 424 g/mol. The van der Waals surface area contributed by atoms with Gasteiger partial charge in [0.25, 0.3) is 0 Å². The predicted octanol–water partition coefficient (Wildman–Crippen LogP) is 4.16. The Labute approximate surface area is 180 Å². The van der Waals surface area contributed by atoms with E-state index in [1.165, 1.54) is 6.07 Å². The van der Waals surface area contributed by atoms with Gasteiger partial charge >= 0.3 is 0 Å². The number of rotatable bonds is 6. The second-order valence-corrected chi connectivity index (χ2v) is 8.15. The van der Waals surface area contributed by atoms with Crippen molar-refractivity contribution in [1.82, 2.24) is 19.8 Å². The van der Waals surface area contributed by atoms with Crippen molar-refractivity contribution in [2.75, 3.05) is 6.54 Å². The van der Waals surface area contributed by atoms with Gasteiger partial charge in [0, 0.05) is 32.1 Å². The summed E-state index contributed by atoms with van der Waals surface area (Å²) in [6.07, 6.45) is 2.58. The molecule has 0 bridgehead atoms. The van der Waals surface area contributed by atoms with Crippen LogP contribution in [0.15, 0.2) is 54.9 Å². The molecule has 1 aliphatic heterocycles. The van der Waals surface area contributed by atoms with Crippen LogP contribution in [0.25, 0.3) is 0 Å². The predicted molar refractivity (Wildman–Crippen MR) is 114 cm³/mol. The first-order valence-electron chi connectivity index (χ1n) is 10.5. The normalized spacial score (nSPS) is 16.4. The lowest BCUT2D eigenvalue weighted by Crippen LogP contribution is -2.45. The number of amides is 1. The summed E-state index contributed by atoms with van der Waals surface area (Å²) in [5, 5.41) is 2.92. The Kier molecular flexibility index (Phi) is 6.13. The maximum atomic E-state index is 13.6. The first-order valence-corrected chi connectivity index (χ1v) is 10.5. The molecule has 0 spiro atoms. The van der Waals surface area contributed by atoms with Gasteiger partial charge in [-0.1, -0.05) is 36.4 Å². The lowest BCUT2D eigenvalue weighted by atomic mass is 9.99. The fourth-order valence-corrected chi connectivity index (χ4v) is 4.08. The molecule has 0 saturated carbocycles. The number of aromatic nitrogens is 2. The van der Waals surface area contributed by atoms with E-state index >= 15 is 0 Å². The van der Waals surface area contributed by atoms with Crippen molar-refractivity contribution in [3.63, 3.8) is 0 Å². The second kappa shape index (κ2) is 8.98. The van der Waals surface area contributed by atoms with Gasteiger partial charge in [-0.25, -0.2) is 13.8 Å². The minimum atomic E-state index is -0.921. The van der Waals surface area contributed by atoms with Gasteiger partial charge in [-0.3, -0.25) is 9.69 Å². The minimum absolute atomic E-state index is 0.122. The van der Waals surface area contributed by atoms with Crippen molar-refractivity contribution in [1.29, 1.82) is 0 Å². The zero-order valence-corrected chi connectivity index (χ0v) is 17.7. The number of hydrogen-bond acceptors (Lipinski definition) is 3. The molecule has 1 N–H and O–H groups in total. The Hall–Kier alpha value is -3.06. The molecule has 1 aliphatic rings. The second-order valence-electron chi connectivity index (χ2n) is 8.15. The Morgan fingerprint density at radius 2 is 1.90 bits per heavy atom. The zero-order valence-electron chi connectivity index (χ0n) is 17.7. The highest BCUT2D eigenvalue weighted by Crippen LogP contribution is 2.32. The standard InChI is InChI=1S/C24H26F2N4O/c1-16(2)30-15-28-21-10-11-29(14-17-6-4-3-5-7-17)23(22(21)30)24(31)27-13-18-8-9-19(25)20(26)12-18/h3-9,12,15-16,23H,10-11,13-14H2,1-2H3,(H,27,31). The Bertz CT molecular complexity index is 1060. The van der Waals surface area contributed by atoms with Crippen molar-refractivity contribution in [3.05, 3.63) is 89.0 Å². The smallest absolute Gasteiger partial charge is 0.243 e. The highest BCUT2D eigenvalue weighted by atomic mass is 19.2. The SMILES string of the molecule is CC(C)n1cnc2c1C(C(=O)NCc1ccc(F)c(F)c1)N(Cc1ccccc1)CC2. The van der Waals surface area contributed by atoms with Crippen LogP contribution in [0.5, 0.6) is 0 Å². The van der Waals surface area contributed by atoms with Crippen LogP contribution in [0.1, 0.15) is 48.4 Å². The van der Waals surface area contributed by atoms with Crippen molar-refractivity contribution in [2.45, 2.75) is 45.4 Å².